The van der Waals surface area contributed by atoms with Crippen molar-refractivity contribution < 1.29 is 19.4 Å². The fourth-order valence-electron chi connectivity index (χ4n) is 3.61. The van der Waals surface area contributed by atoms with Crippen LogP contribution in [0.25, 0.3) is 10.8 Å². The number of ether oxygens (including phenoxy) is 2. The van der Waals surface area contributed by atoms with Crippen LogP contribution in [0.5, 0.6) is 5.75 Å². The van der Waals surface area contributed by atoms with E-state index >= 15 is 0 Å². The largest absolute Gasteiger partial charge is 0.497 e. The number of morpholine rings is 1. The molecule has 0 aliphatic carbocycles. The molecule has 2 heterocycles. The van der Waals surface area contributed by atoms with Gasteiger partial charge in [-0.2, -0.15) is 5.26 Å². The third kappa shape index (κ3) is 3.77. The van der Waals surface area contributed by atoms with E-state index in [1.807, 2.05) is 36.4 Å². The van der Waals surface area contributed by atoms with Crippen LogP contribution in [0.2, 0.25) is 0 Å². The summed E-state index contributed by atoms with van der Waals surface area (Å²) in [5.74, 6) is -0.204. The van der Waals surface area contributed by atoms with Gasteiger partial charge in [-0.05, 0) is 28.5 Å². The Hall–Kier alpha value is -3.08. The molecule has 0 saturated carbocycles. The molecule has 3 aromatic rings. The van der Waals surface area contributed by atoms with Crippen molar-refractivity contribution in [2.24, 2.45) is 0 Å². The van der Waals surface area contributed by atoms with Crippen molar-refractivity contribution >= 4 is 33.1 Å². The number of nitriles is 1. The van der Waals surface area contributed by atoms with Gasteiger partial charge >= 0.3 is 5.97 Å². The van der Waals surface area contributed by atoms with Crippen molar-refractivity contribution in [1.29, 1.82) is 5.26 Å². The van der Waals surface area contributed by atoms with E-state index in [0.29, 0.717) is 43.9 Å². The Balaban J connectivity index is 1.74. The van der Waals surface area contributed by atoms with Crippen molar-refractivity contribution in [3.05, 3.63) is 58.0 Å². The number of carboxylic acid groups (broad SMARTS) is 1. The van der Waals surface area contributed by atoms with E-state index in [1.54, 1.807) is 7.11 Å². The first kappa shape index (κ1) is 19.2. The number of hydrogen-bond acceptors (Lipinski definition) is 6. The Labute approximate surface area is 172 Å². The molecule has 0 unspecified atom stereocenters. The average molecular weight is 408 g/mol. The summed E-state index contributed by atoms with van der Waals surface area (Å²) in [5, 5.41) is 22.4. The van der Waals surface area contributed by atoms with Crippen molar-refractivity contribution in [2.75, 3.05) is 38.3 Å². The molecule has 148 valence electrons. The number of aromatic carboxylic acids is 1. The molecule has 0 bridgehead atoms. The van der Waals surface area contributed by atoms with E-state index in [1.165, 1.54) is 11.3 Å². The predicted molar refractivity (Wildman–Crippen MR) is 112 cm³/mol. The lowest BCUT2D eigenvalue weighted by atomic mass is 9.98. The standard InChI is InChI=1S/C22H20N2O4S/c1-27-17-5-4-15-10-14(2-3-16(15)12-17)11-18-19(13-23)21(29-20(18)22(25)26)24-6-8-28-9-7-24/h2-5,10,12H,6-9,11H2,1H3,(H,25,26). The highest BCUT2D eigenvalue weighted by Gasteiger charge is 2.26. The summed E-state index contributed by atoms with van der Waals surface area (Å²) in [6.07, 6.45) is 0.396. The van der Waals surface area contributed by atoms with Gasteiger partial charge in [-0.3, -0.25) is 0 Å². The lowest BCUT2D eigenvalue weighted by Gasteiger charge is -2.27. The number of methoxy groups -OCH3 is 1. The molecule has 2 aromatic carbocycles. The Morgan fingerprint density at radius 1 is 1.24 bits per heavy atom. The monoisotopic (exact) mass is 408 g/mol. The number of rotatable bonds is 5. The van der Waals surface area contributed by atoms with Crippen molar-refractivity contribution in [3.63, 3.8) is 0 Å². The zero-order chi connectivity index (χ0) is 20.4. The molecule has 1 aromatic heterocycles. The third-order valence-electron chi connectivity index (χ3n) is 5.09. The van der Waals surface area contributed by atoms with E-state index in [9.17, 15) is 15.2 Å². The summed E-state index contributed by atoms with van der Waals surface area (Å²) < 4.78 is 10.7. The van der Waals surface area contributed by atoms with E-state index in [4.69, 9.17) is 9.47 Å². The minimum atomic E-state index is -0.994. The molecule has 0 radical (unpaired) electrons. The zero-order valence-electron chi connectivity index (χ0n) is 16.0. The van der Waals surface area contributed by atoms with E-state index in [0.717, 1.165) is 27.1 Å². The van der Waals surface area contributed by atoms with Crippen LogP contribution in [0.3, 0.4) is 0 Å². The maximum absolute atomic E-state index is 11.9. The second kappa shape index (κ2) is 8.11. The van der Waals surface area contributed by atoms with Gasteiger partial charge in [0.05, 0.1) is 25.9 Å². The highest BCUT2D eigenvalue weighted by molar-refractivity contribution is 7.18. The van der Waals surface area contributed by atoms with E-state index < -0.39 is 5.97 Å². The Morgan fingerprint density at radius 3 is 2.66 bits per heavy atom. The fourth-order valence-corrected chi connectivity index (χ4v) is 4.77. The van der Waals surface area contributed by atoms with Gasteiger partial charge in [0, 0.05) is 25.1 Å². The molecule has 7 heteroatoms. The lowest BCUT2D eigenvalue weighted by Crippen LogP contribution is -2.36. The zero-order valence-corrected chi connectivity index (χ0v) is 16.8. The number of fused-ring (bicyclic) bond motifs is 1. The number of anilines is 1. The summed E-state index contributed by atoms with van der Waals surface area (Å²) in [5.41, 5.74) is 2.01. The normalized spacial score (nSPS) is 14.0. The first-order chi connectivity index (χ1) is 14.1. The van der Waals surface area contributed by atoms with E-state index in [-0.39, 0.29) is 4.88 Å². The van der Waals surface area contributed by atoms with Crippen LogP contribution >= 0.6 is 11.3 Å². The SMILES string of the molecule is COc1ccc2cc(Cc3c(C(=O)O)sc(N4CCOCC4)c3C#N)ccc2c1. The van der Waals surface area contributed by atoms with Crippen LogP contribution in [0, 0.1) is 11.3 Å². The van der Waals surface area contributed by atoms with Gasteiger partial charge in [-0.15, -0.1) is 11.3 Å². The molecule has 1 N–H and O–H groups in total. The number of thiophene rings is 1. The van der Waals surface area contributed by atoms with Crippen molar-refractivity contribution in [2.45, 2.75) is 6.42 Å². The highest BCUT2D eigenvalue weighted by atomic mass is 32.1. The van der Waals surface area contributed by atoms with Gasteiger partial charge in [-0.25, -0.2) is 4.79 Å². The summed E-state index contributed by atoms with van der Waals surface area (Å²) in [6, 6.07) is 14.1. The minimum Gasteiger partial charge on any atom is -0.497 e. The number of carboxylic acids is 1. The van der Waals surface area contributed by atoms with Crippen LogP contribution < -0.4 is 9.64 Å². The quantitative estimate of drug-likeness (QED) is 0.689. The van der Waals surface area contributed by atoms with Gasteiger partial charge in [0.1, 0.15) is 21.7 Å². The Bertz CT molecular complexity index is 1110. The molecule has 1 fully saturated rings. The highest BCUT2D eigenvalue weighted by Crippen LogP contribution is 2.38. The minimum absolute atomic E-state index is 0.234. The van der Waals surface area contributed by atoms with Gasteiger partial charge < -0.3 is 19.5 Å². The number of carbonyl (C=O) groups is 1. The average Bonchev–Trinajstić information content (AvgIpc) is 3.12. The second-order valence-electron chi connectivity index (χ2n) is 6.83. The first-order valence-electron chi connectivity index (χ1n) is 9.29. The Morgan fingerprint density at radius 2 is 1.97 bits per heavy atom. The summed E-state index contributed by atoms with van der Waals surface area (Å²) in [7, 11) is 1.63. The number of hydrogen-bond donors (Lipinski definition) is 1. The second-order valence-corrected chi connectivity index (χ2v) is 7.83. The first-order valence-corrected chi connectivity index (χ1v) is 10.1. The van der Waals surface area contributed by atoms with Crippen LogP contribution in [0.1, 0.15) is 26.4 Å². The predicted octanol–water partition coefficient (Wildman–Crippen LogP) is 3.91. The maximum Gasteiger partial charge on any atom is 0.346 e. The van der Waals surface area contributed by atoms with Crippen LogP contribution in [0.15, 0.2) is 36.4 Å². The third-order valence-corrected chi connectivity index (χ3v) is 6.37. The molecule has 6 nitrogen and oxygen atoms in total. The molecule has 1 saturated heterocycles. The maximum atomic E-state index is 11.9. The van der Waals surface area contributed by atoms with Gasteiger partial charge in [0.2, 0.25) is 0 Å². The topological polar surface area (TPSA) is 82.8 Å². The Kier molecular flexibility index (Phi) is 5.38. The molecule has 0 atom stereocenters. The number of benzene rings is 2. The van der Waals surface area contributed by atoms with Gasteiger partial charge in [-0.1, -0.05) is 24.3 Å². The molecule has 29 heavy (non-hydrogen) atoms. The molecular weight excluding hydrogens is 388 g/mol. The molecule has 1 aliphatic heterocycles. The molecule has 1 aliphatic rings. The molecule has 4 rings (SSSR count). The molecular formula is C22H20N2O4S. The summed E-state index contributed by atoms with van der Waals surface area (Å²) >= 11 is 1.18. The van der Waals surface area contributed by atoms with Crippen LogP contribution in [0.4, 0.5) is 5.00 Å². The fraction of sp³-hybridized carbons (Fsp3) is 0.273. The van der Waals surface area contributed by atoms with Crippen LogP contribution in [-0.4, -0.2) is 44.5 Å². The van der Waals surface area contributed by atoms with E-state index in [2.05, 4.69) is 11.0 Å². The van der Waals surface area contributed by atoms with Crippen molar-refractivity contribution in [1.82, 2.24) is 0 Å². The summed E-state index contributed by atoms with van der Waals surface area (Å²) in [6.45, 7) is 2.47. The van der Waals surface area contributed by atoms with Crippen molar-refractivity contribution in [3.8, 4) is 11.8 Å². The van der Waals surface area contributed by atoms with Gasteiger partial charge in [0.25, 0.3) is 0 Å². The van der Waals surface area contributed by atoms with Crippen LogP contribution in [-0.2, 0) is 11.2 Å². The molecule has 0 spiro atoms. The number of nitrogens with zero attached hydrogens (tertiary/aromatic N) is 2. The smallest absolute Gasteiger partial charge is 0.346 e. The van der Waals surface area contributed by atoms with Gasteiger partial charge in [0.15, 0.2) is 0 Å². The summed E-state index contributed by atoms with van der Waals surface area (Å²) in [4.78, 5) is 14.2. The molecule has 0 amide bonds. The lowest BCUT2D eigenvalue weighted by molar-refractivity contribution is 0.0701.